The van der Waals surface area contributed by atoms with Gasteiger partial charge < -0.3 is 15.5 Å². The van der Waals surface area contributed by atoms with Gasteiger partial charge in [-0.05, 0) is 33.9 Å². The summed E-state index contributed by atoms with van der Waals surface area (Å²) in [6, 6.07) is 0. The normalized spacial score (nSPS) is 17.4. The van der Waals surface area contributed by atoms with E-state index in [9.17, 15) is 0 Å². The van der Waals surface area contributed by atoms with Crippen molar-refractivity contribution in [3.63, 3.8) is 0 Å². The molecule has 0 unspecified atom stereocenters. The van der Waals surface area contributed by atoms with Gasteiger partial charge >= 0.3 is 0 Å². The lowest BCUT2D eigenvalue weighted by atomic mass is 9.96. The Morgan fingerprint density at radius 3 is 2.60 bits per heavy atom. The van der Waals surface area contributed by atoms with Crippen molar-refractivity contribution in [2.24, 2.45) is 0 Å². The lowest BCUT2D eigenvalue weighted by molar-refractivity contribution is 0.172. The van der Waals surface area contributed by atoms with E-state index in [0.717, 1.165) is 13.1 Å². The third kappa shape index (κ3) is 3.33. The molecule has 1 aromatic heterocycles. The molecule has 1 heterocycles. The molecule has 0 amide bonds. The molecule has 0 atom stereocenters. The lowest BCUT2D eigenvalue weighted by Gasteiger charge is -2.36. The maximum absolute atomic E-state index is 6.18. The van der Waals surface area contributed by atoms with Crippen LogP contribution in [-0.4, -0.2) is 47.6 Å². The van der Waals surface area contributed by atoms with Gasteiger partial charge in [-0.1, -0.05) is 24.4 Å². The minimum absolute atomic E-state index is 0.215. The summed E-state index contributed by atoms with van der Waals surface area (Å²) >= 11 is 6.18. The van der Waals surface area contributed by atoms with E-state index < -0.39 is 0 Å². The van der Waals surface area contributed by atoms with Crippen molar-refractivity contribution >= 4 is 23.4 Å². The predicted molar refractivity (Wildman–Crippen MR) is 84.6 cm³/mol. The van der Waals surface area contributed by atoms with E-state index >= 15 is 0 Å². The van der Waals surface area contributed by atoms with Crippen LogP contribution in [0.4, 0.5) is 11.8 Å². The standard InChI is InChI=1S/C14H24ClN5/c1-4-16-13-17-9-11(15)12(19-13)18-10-14(20(2)3)7-5-6-8-14/h9H,4-8,10H2,1-3H3,(H2,16,17,18,19). The van der Waals surface area contributed by atoms with Gasteiger partial charge in [0.25, 0.3) is 0 Å². The quantitative estimate of drug-likeness (QED) is 0.845. The largest absolute Gasteiger partial charge is 0.367 e. The van der Waals surface area contributed by atoms with E-state index in [1.807, 2.05) is 6.92 Å². The number of likely N-dealkylation sites (N-methyl/N-ethyl adjacent to an activating group) is 1. The highest BCUT2D eigenvalue weighted by Gasteiger charge is 2.35. The maximum atomic E-state index is 6.18. The van der Waals surface area contributed by atoms with Crippen molar-refractivity contribution < 1.29 is 0 Å². The summed E-state index contributed by atoms with van der Waals surface area (Å²) in [5.74, 6) is 1.33. The summed E-state index contributed by atoms with van der Waals surface area (Å²) in [6.45, 7) is 3.68. The lowest BCUT2D eigenvalue weighted by Crippen LogP contribution is -2.47. The van der Waals surface area contributed by atoms with Crippen LogP contribution in [0.2, 0.25) is 5.02 Å². The number of hydrogen-bond acceptors (Lipinski definition) is 5. The van der Waals surface area contributed by atoms with Crippen molar-refractivity contribution in [2.75, 3.05) is 37.8 Å². The highest BCUT2D eigenvalue weighted by molar-refractivity contribution is 6.32. The Morgan fingerprint density at radius 1 is 1.30 bits per heavy atom. The minimum Gasteiger partial charge on any atom is -0.367 e. The Bertz CT molecular complexity index is 443. The van der Waals surface area contributed by atoms with Crippen molar-refractivity contribution in [2.45, 2.75) is 38.1 Å². The Morgan fingerprint density at radius 2 is 2.00 bits per heavy atom. The van der Waals surface area contributed by atoms with Crippen LogP contribution in [0.25, 0.3) is 0 Å². The molecule has 2 N–H and O–H groups in total. The van der Waals surface area contributed by atoms with Crippen LogP contribution in [0.1, 0.15) is 32.6 Å². The molecule has 0 bridgehead atoms. The van der Waals surface area contributed by atoms with E-state index in [4.69, 9.17) is 11.6 Å². The van der Waals surface area contributed by atoms with Crippen molar-refractivity contribution in [3.8, 4) is 0 Å². The third-order valence-electron chi connectivity index (χ3n) is 4.15. The average molecular weight is 298 g/mol. The first-order valence-corrected chi connectivity index (χ1v) is 7.63. The van der Waals surface area contributed by atoms with Gasteiger partial charge in [-0.3, -0.25) is 0 Å². The number of nitrogens with zero attached hydrogens (tertiary/aromatic N) is 3. The Labute approximate surface area is 126 Å². The van der Waals surface area contributed by atoms with Gasteiger partial charge in [0, 0.05) is 18.6 Å². The Balaban J connectivity index is 2.07. The number of anilines is 2. The summed E-state index contributed by atoms with van der Waals surface area (Å²) in [6.07, 6.45) is 6.66. The number of nitrogens with one attached hydrogen (secondary N) is 2. The second kappa shape index (κ2) is 6.59. The molecular formula is C14H24ClN5. The zero-order chi connectivity index (χ0) is 14.6. The van der Waals surface area contributed by atoms with Gasteiger partial charge in [-0.2, -0.15) is 4.98 Å². The monoisotopic (exact) mass is 297 g/mol. The maximum Gasteiger partial charge on any atom is 0.224 e. The van der Waals surface area contributed by atoms with Crippen LogP contribution in [0.3, 0.4) is 0 Å². The molecule has 112 valence electrons. The molecule has 1 aromatic rings. The molecule has 5 nitrogen and oxygen atoms in total. The number of rotatable bonds is 6. The summed E-state index contributed by atoms with van der Waals surface area (Å²) < 4.78 is 0. The zero-order valence-corrected chi connectivity index (χ0v) is 13.3. The second-order valence-electron chi connectivity index (χ2n) is 5.60. The molecule has 1 aliphatic rings. The van der Waals surface area contributed by atoms with E-state index in [0.29, 0.717) is 16.8 Å². The summed E-state index contributed by atoms with van der Waals surface area (Å²) in [4.78, 5) is 10.9. The number of aromatic nitrogens is 2. The fourth-order valence-corrected chi connectivity index (χ4v) is 2.96. The number of hydrogen-bond donors (Lipinski definition) is 2. The summed E-state index contributed by atoms with van der Waals surface area (Å²) in [5.41, 5.74) is 0.215. The highest BCUT2D eigenvalue weighted by Crippen LogP contribution is 2.34. The van der Waals surface area contributed by atoms with Crippen molar-refractivity contribution in [3.05, 3.63) is 11.2 Å². The zero-order valence-electron chi connectivity index (χ0n) is 12.5. The van der Waals surface area contributed by atoms with Crippen LogP contribution in [0.15, 0.2) is 6.20 Å². The van der Waals surface area contributed by atoms with Crippen LogP contribution < -0.4 is 10.6 Å². The summed E-state index contributed by atoms with van der Waals surface area (Å²) in [5, 5.41) is 7.08. The van der Waals surface area contributed by atoms with Crippen LogP contribution in [-0.2, 0) is 0 Å². The predicted octanol–water partition coefficient (Wildman–Crippen LogP) is 2.85. The van der Waals surface area contributed by atoms with E-state index in [2.05, 4.69) is 39.6 Å². The smallest absolute Gasteiger partial charge is 0.224 e. The van der Waals surface area contributed by atoms with Crippen molar-refractivity contribution in [1.82, 2.24) is 14.9 Å². The molecule has 1 aliphatic carbocycles. The molecule has 1 saturated carbocycles. The van der Waals surface area contributed by atoms with Gasteiger partial charge in [0.2, 0.25) is 5.95 Å². The van der Waals surface area contributed by atoms with Gasteiger partial charge in [0.05, 0.1) is 6.20 Å². The first-order chi connectivity index (χ1) is 9.57. The topological polar surface area (TPSA) is 53.1 Å². The van der Waals surface area contributed by atoms with E-state index in [-0.39, 0.29) is 5.54 Å². The molecule has 2 rings (SSSR count). The van der Waals surface area contributed by atoms with Crippen LogP contribution in [0.5, 0.6) is 0 Å². The van der Waals surface area contributed by atoms with Gasteiger partial charge in [0.15, 0.2) is 5.82 Å². The van der Waals surface area contributed by atoms with E-state index in [1.165, 1.54) is 25.7 Å². The fraction of sp³-hybridized carbons (Fsp3) is 0.714. The molecule has 0 aromatic carbocycles. The molecule has 0 aliphatic heterocycles. The van der Waals surface area contributed by atoms with E-state index in [1.54, 1.807) is 6.20 Å². The van der Waals surface area contributed by atoms with Gasteiger partial charge in [0.1, 0.15) is 5.02 Å². The third-order valence-corrected chi connectivity index (χ3v) is 4.42. The minimum atomic E-state index is 0.215. The summed E-state index contributed by atoms with van der Waals surface area (Å²) in [7, 11) is 4.30. The van der Waals surface area contributed by atoms with Crippen molar-refractivity contribution in [1.29, 1.82) is 0 Å². The SMILES string of the molecule is CCNc1ncc(Cl)c(NCC2(N(C)C)CCCC2)n1. The fourth-order valence-electron chi connectivity index (χ4n) is 2.80. The Hall–Kier alpha value is -1.07. The molecule has 6 heteroatoms. The van der Waals surface area contributed by atoms with Gasteiger partial charge in [-0.15, -0.1) is 0 Å². The number of halogens is 1. The first-order valence-electron chi connectivity index (χ1n) is 7.25. The van der Waals surface area contributed by atoms with Crippen LogP contribution >= 0.6 is 11.6 Å². The van der Waals surface area contributed by atoms with Gasteiger partial charge in [-0.25, -0.2) is 4.98 Å². The molecule has 0 saturated heterocycles. The average Bonchev–Trinajstić information content (AvgIpc) is 2.90. The molecule has 1 fully saturated rings. The molecule has 20 heavy (non-hydrogen) atoms. The molecule has 0 spiro atoms. The van der Waals surface area contributed by atoms with Crippen LogP contribution in [0, 0.1) is 0 Å². The second-order valence-corrected chi connectivity index (χ2v) is 6.01. The highest BCUT2D eigenvalue weighted by atomic mass is 35.5. The first kappa shape index (κ1) is 15.3. The molecular weight excluding hydrogens is 274 g/mol. The Kier molecular flexibility index (Phi) is 5.05. The molecule has 0 radical (unpaired) electrons.